The Morgan fingerprint density at radius 2 is 2.11 bits per heavy atom. The molecule has 0 aliphatic rings. The summed E-state index contributed by atoms with van der Waals surface area (Å²) in [7, 11) is 0. The van der Waals surface area contributed by atoms with Gasteiger partial charge in [-0.15, -0.1) is 0 Å². The normalized spacial score (nSPS) is 13.2. The Morgan fingerprint density at radius 1 is 1.47 bits per heavy atom. The average molecular weight is 328 g/mol. The lowest BCUT2D eigenvalue weighted by Crippen LogP contribution is -2.35. The van der Waals surface area contributed by atoms with Gasteiger partial charge in [0.15, 0.2) is 0 Å². The van der Waals surface area contributed by atoms with Crippen molar-refractivity contribution < 1.29 is 9.90 Å². The van der Waals surface area contributed by atoms with Gasteiger partial charge >= 0.3 is 0 Å². The highest BCUT2D eigenvalue weighted by Gasteiger charge is 2.21. The van der Waals surface area contributed by atoms with Crippen molar-refractivity contribution in [2.24, 2.45) is 5.41 Å². The second kappa shape index (κ2) is 6.53. The second-order valence-electron chi connectivity index (χ2n) is 5.88. The molecule has 2 N–H and O–H groups in total. The fraction of sp³-hybridized carbons (Fsp3) is 0.533. The average Bonchev–Trinajstić information content (AvgIpc) is 2.24. The zero-order valence-electron chi connectivity index (χ0n) is 12.0. The maximum Gasteiger partial charge on any atom is 0.252 e. The molecule has 0 bridgehead atoms. The quantitative estimate of drug-likeness (QED) is 0.871. The van der Waals surface area contributed by atoms with E-state index in [1.165, 1.54) is 0 Å². The molecule has 106 valence electrons. The molecule has 1 unspecified atom stereocenters. The molecule has 0 heterocycles. The number of halogens is 1. The topological polar surface area (TPSA) is 49.3 Å². The van der Waals surface area contributed by atoms with E-state index in [1.54, 1.807) is 6.92 Å². The monoisotopic (exact) mass is 327 g/mol. The van der Waals surface area contributed by atoms with Crippen molar-refractivity contribution in [2.75, 3.05) is 6.54 Å². The first-order valence-corrected chi connectivity index (χ1v) is 7.23. The zero-order chi connectivity index (χ0) is 14.6. The lowest BCUT2D eigenvalue weighted by Gasteiger charge is -2.26. The number of aryl methyl sites for hydroxylation is 1. The van der Waals surface area contributed by atoms with Crippen LogP contribution in [0.1, 0.15) is 43.1 Å². The van der Waals surface area contributed by atoms with Crippen LogP contribution in [0.25, 0.3) is 0 Å². The molecule has 1 atom stereocenters. The Morgan fingerprint density at radius 3 is 2.63 bits per heavy atom. The number of nitrogens with one attached hydrogen (secondary N) is 1. The van der Waals surface area contributed by atoms with Gasteiger partial charge in [-0.1, -0.05) is 19.9 Å². The molecular weight excluding hydrogens is 306 g/mol. The van der Waals surface area contributed by atoms with Gasteiger partial charge in [0.25, 0.3) is 5.91 Å². The van der Waals surface area contributed by atoms with E-state index in [1.807, 2.05) is 39.0 Å². The summed E-state index contributed by atoms with van der Waals surface area (Å²) in [5, 5.41) is 12.3. The molecule has 1 aromatic carbocycles. The largest absolute Gasteiger partial charge is 0.393 e. The Balaban J connectivity index is 2.65. The number of amides is 1. The van der Waals surface area contributed by atoms with Gasteiger partial charge in [-0.2, -0.15) is 0 Å². The fourth-order valence-corrected chi connectivity index (χ4v) is 2.76. The molecule has 4 heteroatoms. The molecule has 1 aromatic rings. The Hall–Kier alpha value is -0.870. The number of carbonyl (C=O) groups excluding carboxylic acids is 1. The van der Waals surface area contributed by atoms with E-state index in [-0.39, 0.29) is 17.4 Å². The maximum atomic E-state index is 12.1. The molecule has 0 aliphatic carbocycles. The van der Waals surface area contributed by atoms with E-state index in [9.17, 15) is 9.90 Å². The molecular formula is C15H22BrNO2. The molecule has 3 nitrogen and oxygen atoms in total. The van der Waals surface area contributed by atoms with Crippen LogP contribution in [-0.2, 0) is 0 Å². The Bertz CT molecular complexity index is 455. The minimum absolute atomic E-state index is 0.0921. The summed E-state index contributed by atoms with van der Waals surface area (Å²) in [5.74, 6) is -0.0921. The number of hydrogen-bond donors (Lipinski definition) is 2. The van der Waals surface area contributed by atoms with Gasteiger partial charge in [0, 0.05) is 11.0 Å². The Labute approximate surface area is 123 Å². The number of rotatable bonds is 5. The van der Waals surface area contributed by atoms with Gasteiger partial charge in [-0.25, -0.2) is 0 Å². The van der Waals surface area contributed by atoms with Gasteiger partial charge in [-0.05, 0) is 59.3 Å². The van der Waals surface area contributed by atoms with Crippen molar-refractivity contribution in [1.29, 1.82) is 0 Å². The van der Waals surface area contributed by atoms with Gasteiger partial charge in [0.1, 0.15) is 0 Å². The van der Waals surface area contributed by atoms with E-state index >= 15 is 0 Å². The van der Waals surface area contributed by atoms with Crippen molar-refractivity contribution in [3.63, 3.8) is 0 Å². The summed E-state index contributed by atoms with van der Waals surface area (Å²) < 4.78 is 0.804. The first-order chi connectivity index (χ1) is 8.71. The van der Waals surface area contributed by atoms with Crippen molar-refractivity contribution in [1.82, 2.24) is 5.32 Å². The van der Waals surface area contributed by atoms with Gasteiger partial charge in [0.2, 0.25) is 0 Å². The molecule has 0 fully saturated rings. The smallest absolute Gasteiger partial charge is 0.252 e. The fourth-order valence-electron chi connectivity index (χ4n) is 2.09. The van der Waals surface area contributed by atoms with E-state index in [0.717, 1.165) is 10.0 Å². The van der Waals surface area contributed by atoms with Crippen molar-refractivity contribution in [3.05, 3.63) is 33.8 Å². The van der Waals surface area contributed by atoms with Crippen molar-refractivity contribution >= 4 is 21.8 Å². The van der Waals surface area contributed by atoms with Crippen LogP contribution in [0.4, 0.5) is 0 Å². The predicted octanol–water partition coefficient (Wildman–Crippen LogP) is 3.28. The summed E-state index contributed by atoms with van der Waals surface area (Å²) in [4.78, 5) is 12.1. The van der Waals surface area contributed by atoms with Crippen LogP contribution in [0.15, 0.2) is 22.7 Å². The van der Waals surface area contributed by atoms with E-state index in [2.05, 4.69) is 21.2 Å². The summed E-state index contributed by atoms with van der Waals surface area (Å²) in [5.41, 5.74) is 1.62. The number of carbonyl (C=O) groups is 1. The standard InChI is InChI=1S/C15H22BrNO2/c1-10-5-6-12(13(16)7-10)14(19)17-9-15(3,4)8-11(2)18/h5-7,11,18H,8-9H2,1-4H3,(H,17,19). The lowest BCUT2D eigenvalue weighted by molar-refractivity contribution is 0.0901. The highest BCUT2D eigenvalue weighted by molar-refractivity contribution is 9.10. The van der Waals surface area contributed by atoms with Crippen LogP contribution in [0.2, 0.25) is 0 Å². The molecule has 0 saturated heterocycles. The van der Waals surface area contributed by atoms with Crippen molar-refractivity contribution in [3.8, 4) is 0 Å². The molecule has 0 aromatic heterocycles. The summed E-state index contributed by atoms with van der Waals surface area (Å²) in [6, 6.07) is 5.66. The van der Waals surface area contributed by atoms with E-state index < -0.39 is 0 Å². The van der Waals surface area contributed by atoms with Gasteiger partial charge in [0.05, 0.1) is 11.7 Å². The number of benzene rings is 1. The summed E-state index contributed by atoms with van der Waals surface area (Å²) >= 11 is 3.41. The predicted molar refractivity (Wildman–Crippen MR) is 81.3 cm³/mol. The number of aliphatic hydroxyl groups excluding tert-OH is 1. The maximum absolute atomic E-state index is 12.1. The van der Waals surface area contributed by atoms with Crippen LogP contribution >= 0.6 is 15.9 Å². The molecule has 0 saturated carbocycles. The number of aliphatic hydroxyl groups is 1. The van der Waals surface area contributed by atoms with Crippen LogP contribution < -0.4 is 5.32 Å². The second-order valence-corrected chi connectivity index (χ2v) is 6.74. The van der Waals surface area contributed by atoms with Crippen molar-refractivity contribution in [2.45, 2.75) is 40.2 Å². The first kappa shape index (κ1) is 16.2. The molecule has 1 amide bonds. The van der Waals surface area contributed by atoms with E-state index in [4.69, 9.17) is 0 Å². The van der Waals surface area contributed by atoms with Crippen LogP contribution in [0.5, 0.6) is 0 Å². The highest BCUT2D eigenvalue weighted by Crippen LogP contribution is 2.22. The third-order valence-electron chi connectivity index (χ3n) is 2.94. The van der Waals surface area contributed by atoms with E-state index in [0.29, 0.717) is 18.5 Å². The summed E-state index contributed by atoms with van der Waals surface area (Å²) in [6.07, 6.45) is 0.292. The number of hydrogen-bond acceptors (Lipinski definition) is 2. The molecule has 0 radical (unpaired) electrons. The molecule has 0 aliphatic heterocycles. The third-order valence-corrected chi connectivity index (χ3v) is 3.60. The molecule has 1 rings (SSSR count). The minimum atomic E-state index is -0.363. The third kappa shape index (κ3) is 5.33. The van der Waals surface area contributed by atoms with Crippen LogP contribution in [-0.4, -0.2) is 23.7 Å². The van der Waals surface area contributed by atoms with Gasteiger partial charge < -0.3 is 10.4 Å². The van der Waals surface area contributed by atoms with Crippen LogP contribution in [0, 0.1) is 12.3 Å². The first-order valence-electron chi connectivity index (χ1n) is 6.44. The lowest BCUT2D eigenvalue weighted by atomic mass is 9.87. The van der Waals surface area contributed by atoms with Crippen LogP contribution in [0.3, 0.4) is 0 Å². The SMILES string of the molecule is Cc1ccc(C(=O)NCC(C)(C)CC(C)O)c(Br)c1. The molecule has 0 spiro atoms. The van der Waals surface area contributed by atoms with Gasteiger partial charge in [-0.3, -0.25) is 4.79 Å². The highest BCUT2D eigenvalue weighted by atomic mass is 79.9. The zero-order valence-corrected chi connectivity index (χ0v) is 13.5. The Kier molecular flexibility index (Phi) is 5.56. The molecule has 19 heavy (non-hydrogen) atoms. The summed E-state index contributed by atoms with van der Waals surface area (Å²) in [6.45, 7) is 8.35. The minimum Gasteiger partial charge on any atom is -0.393 e.